The van der Waals surface area contributed by atoms with Crippen LogP contribution in [0.4, 0.5) is 0 Å². The van der Waals surface area contributed by atoms with Gasteiger partial charge in [0.2, 0.25) is 0 Å². The summed E-state index contributed by atoms with van der Waals surface area (Å²) < 4.78 is 4.83. The first-order chi connectivity index (χ1) is 8.41. The second kappa shape index (κ2) is 4.97. The molecular weight excluding hydrogens is 248 g/mol. The number of carbonyl (C=O) groups is 1. The molecular formula is C13H20N2O2S. The normalized spacial score (nSPS) is 15.8. The predicted octanol–water partition coefficient (Wildman–Crippen LogP) is 2.48. The van der Waals surface area contributed by atoms with E-state index in [9.17, 15) is 4.79 Å². The molecule has 0 aromatic carbocycles. The molecule has 4 nitrogen and oxygen atoms in total. The maximum absolute atomic E-state index is 11.8. The van der Waals surface area contributed by atoms with Gasteiger partial charge in [0.1, 0.15) is 9.88 Å². The molecule has 0 spiro atoms. The van der Waals surface area contributed by atoms with Crippen LogP contribution in [0.15, 0.2) is 0 Å². The minimum absolute atomic E-state index is 0.141. The van der Waals surface area contributed by atoms with Crippen molar-refractivity contribution >= 4 is 17.3 Å². The van der Waals surface area contributed by atoms with Crippen molar-refractivity contribution in [2.75, 3.05) is 7.11 Å². The molecule has 0 atom stereocenters. The molecule has 18 heavy (non-hydrogen) atoms. The number of esters is 1. The van der Waals surface area contributed by atoms with E-state index in [1.165, 1.54) is 31.3 Å². The van der Waals surface area contributed by atoms with Crippen LogP contribution in [0.5, 0.6) is 0 Å². The van der Waals surface area contributed by atoms with Gasteiger partial charge >= 0.3 is 5.97 Å². The lowest BCUT2D eigenvalue weighted by molar-refractivity contribution is 0.0603. The average Bonchev–Trinajstić information content (AvgIpc) is 3.02. The fraction of sp³-hybridized carbons (Fsp3) is 0.692. The zero-order valence-corrected chi connectivity index (χ0v) is 12.2. The van der Waals surface area contributed by atoms with E-state index >= 15 is 0 Å². The van der Waals surface area contributed by atoms with Gasteiger partial charge in [-0.25, -0.2) is 9.78 Å². The van der Waals surface area contributed by atoms with E-state index in [-0.39, 0.29) is 11.4 Å². The number of nitrogens with zero attached hydrogens (tertiary/aromatic N) is 1. The van der Waals surface area contributed by atoms with Crippen LogP contribution in [0.2, 0.25) is 0 Å². The summed E-state index contributed by atoms with van der Waals surface area (Å²) in [6.07, 6.45) is 2.50. The highest BCUT2D eigenvalue weighted by molar-refractivity contribution is 7.13. The molecule has 0 saturated heterocycles. The van der Waals surface area contributed by atoms with Crippen molar-refractivity contribution < 1.29 is 9.53 Å². The molecule has 0 bridgehead atoms. The topological polar surface area (TPSA) is 51.2 Å². The first-order valence-corrected chi connectivity index (χ1v) is 7.05. The molecule has 5 heteroatoms. The van der Waals surface area contributed by atoms with E-state index in [4.69, 9.17) is 4.74 Å². The van der Waals surface area contributed by atoms with E-state index in [2.05, 4.69) is 31.1 Å². The maximum atomic E-state index is 11.8. The monoisotopic (exact) mass is 268 g/mol. The number of rotatable bonds is 4. The van der Waals surface area contributed by atoms with Crippen LogP contribution in [0.1, 0.15) is 54.0 Å². The first-order valence-electron chi connectivity index (χ1n) is 6.23. The Morgan fingerprint density at radius 2 is 2.17 bits per heavy atom. The Morgan fingerprint density at radius 3 is 2.67 bits per heavy atom. The van der Waals surface area contributed by atoms with Crippen molar-refractivity contribution in [1.82, 2.24) is 10.3 Å². The van der Waals surface area contributed by atoms with Gasteiger partial charge in [-0.2, -0.15) is 0 Å². The predicted molar refractivity (Wildman–Crippen MR) is 72.0 cm³/mol. The average molecular weight is 268 g/mol. The van der Waals surface area contributed by atoms with Crippen LogP contribution in [0.3, 0.4) is 0 Å². The van der Waals surface area contributed by atoms with Crippen LogP contribution in [-0.2, 0) is 16.7 Å². The lowest BCUT2D eigenvalue weighted by Crippen LogP contribution is -2.18. The molecule has 1 aromatic rings. The Kier molecular flexibility index (Phi) is 3.73. The molecule has 100 valence electrons. The summed E-state index contributed by atoms with van der Waals surface area (Å²) >= 11 is 1.44. The minimum atomic E-state index is -0.282. The zero-order valence-electron chi connectivity index (χ0n) is 11.4. The van der Waals surface area contributed by atoms with Crippen molar-refractivity contribution in [3.05, 3.63) is 15.6 Å². The van der Waals surface area contributed by atoms with Gasteiger partial charge in [-0.1, -0.05) is 20.8 Å². The summed E-state index contributed by atoms with van der Waals surface area (Å²) in [4.78, 5) is 17.0. The Labute approximate surface area is 112 Å². The molecule has 1 aromatic heterocycles. The van der Waals surface area contributed by atoms with Gasteiger partial charge in [-0.05, 0) is 12.8 Å². The number of hydrogen-bond acceptors (Lipinski definition) is 5. The van der Waals surface area contributed by atoms with E-state index in [0.717, 1.165) is 17.2 Å². The van der Waals surface area contributed by atoms with Gasteiger partial charge in [0, 0.05) is 18.0 Å². The Bertz CT molecular complexity index is 444. The van der Waals surface area contributed by atoms with E-state index < -0.39 is 0 Å². The maximum Gasteiger partial charge on any atom is 0.350 e. The summed E-state index contributed by atoms with van der Waals surface area (Å²) in [5, 5.41) is 4.38. The SMILES string of the molecule is COC(=O)c1sc(CNC2CC2)nc1C(C)(C)C. The number of thiazole rings is 1. The van der Waals surface area contributed by atoms with Gasteiger partial charge in [0.25, 0.3) is 0 Å². The number of aromatic nitrogens is 1. The molecule has 0 aliphatic heterocycles. The smallest absolute Gasteiger partial charge is 0.350 e. The van der Waals surface area contributed by atoms with Gasteiger partial charge in [-0.3, -0.25) is 0 Å². The Balaban J connectivity index is 2.21. The van der Waals surface area contributed by atoms with E-state index in [0.29, 0.717) is 10.9 Å². The summed E-state index contributed by atoms with van der Waals surface area (Å²) in [6, 6.07) is 0.647. The number of nitrogens with one attached hydrogen (secondary N) is 1. The standard InChI is InChI=1S/C13H20N2O2S/c1-13(2,3)11-10(12(16)17-4)18-9(15-11)7-14-8-5-6-8/h8,14H,5-7H2,1-4H3. The van der Waals surface area contributed by atoms with Gasteiger partial charge in [0.05, 0.1) is 12.8 Å². The van der Waals surface area contributed by atoms with Crippen molar-refractivity contribution in [3.63, 3.8) is 0 Å². The Morgan fingerprint density at radius 1 is 1.50 bits per heavy atom. The first kappa shape index (κ1) is 13.5. The van der Waals surface area contributed by atoms with E-state index in [1.807, 2.05) is 0 Å². The third-order valence-corrected chi connectivity index (χ3v) is 3.91. The lowest BCUT2D eigenvalue weighted by atomic mass is 9.91. The minimum Gasteiger partial charge on any atom is -0.465 e. The van der Waals surface area contributed by atoms with Crippen LogP contribution < -0.4 is 5.32 Å². The number of ether oxygens (including phenoxy) is 1. The molecule has 1 aliphatic rings. The van der Waals surface area contributed by atoms with Crippen molar-refractivity contribution in [1.29, 1.82) is 0 Å². The molecule has 0 amide bonds. The molecule has 1 aliphatic carbocycles. The summed E-state index contributed by atoms with van der Waals surface area (Å²) in [6.45, 7) is 6.93. The molecule has 0 radical (unpaired) electrons. The molecule has 1 N–H and O–H groups in total. The highest BCUT2D eigenvalue weighted by Crippen LogP contribution is 2.30. The highest BCUT2D eigenvalue weighted by atomic mass is 32.1. The van der Waals surface area contributed by atoms with Crippen LogP contribution in [-0.4, -0.2) is 24.1 Å². The third-order valence-electron chi connectivity index (χ3n) is 2.87. The lowest BCUT2D eigenvalue weighted by Gasteiger charge is -2.16. The van der Waals surface area contributed by atoms with Crippen LogP contribution in [0.25, 0.3) is 0 Å². The second-order valence-electron chi connectivity index (χ2n) is 5.68. The number of methoxy groups -OCH3 is 1. The van der Waals surface area contributed by atoms with E-state index in [1.54, 1.807) is 0 Å². The van der Waals surface area contributed by atoms with Crippen LogP contribution in [0, 0.1) is 0 Å². The summed E-state index contributed by atoms with van der Waals surface area (Å²) in [5.41, 5.74) is 0.699. The highest BCUT2D eigenvalue weighted by Gasteiger charge is 2.28. The van der Waals surface area contributed by atoms with Crippen molar-refractivity contribution in [2.45, 2.75) is 51.6 Å². The molecule has 2 rings (SSSR count). The summed E-state index contributed by atoms with van der Waals surface area (Å²) in [7, 11) is 1.41. The number of carbonyl (C=O) groups excluding carboxylic acids is 1. The molecule has 1 fully saturated rings. The van der Waals surface area contributed by atoms with Crippen molar-refractivity contribution in [3.8, 4) is 0 Å². The largest absolute Gasteiger partial charge is 0.465 e. The number of hydrogen-bond donors (Lipinski definition) is 1. The van der Waals surface area contributed by atoms with Crippen LogP contribution >= 0.6 is 11.3 Å². The second-order valence-corrected chi connectivity index (χ2v) is 6.77. The van der Waals surface area contributed by atoms with Crippen molar-refractivity contribution in [2.24, 2.45) is 0 Å². The Hall–Kier alpha value is -0.940. The van der Waals surface area contributed by atoms with Gasteiger partial charge < -0.3 is 10.1 Å². The molecule has 0 unspecified atom stereocenters. The fourth-order valence-corrected chi connectivity index (χ4v) is 2.84. The quantitative estimate of drug-likeness (QED) is 0.852. The van der Waals surface area contributed by atoms with Gasteiger partial charge in [0.15, 0.2) is 0 Å². The summed E-state index contributed by atoms with van der Waals surface area (Å²) in [5.74, 6) is -0.282. The molecule has 1 saturated carbocycles. The zero-order chi connectivity index (χ0) is 13.3. The molecule has 1 heterocycles. The third kappa shape index (κ3) is 3.09. The van der Waals surface area contributed by atoms with Gasteiger partial charge in [-0.15, -0.1) is 11.3 Å². The fourth-order valence-electron chi connectivity index (χ4n) is 1.70.